The van der Waals surface area contributed by atoms with Gasteiger partial charge in [0.25, 0.3) is 11.8 Å². The molecule has 1 aliphatic heterocycles. The van der Waals surface area contributed by atoms with Gasteiger partial charge >= 0.3 is 0 Å². The highest BCUT2D eigenvalue weighted by atomic mass is 32.2. The van der Waals surface area contributed by atoms with Crippen molar-refractivity contribution in [2.24, 2.45) is 0 Å². The number of rotatable bonds is 4. The topological polar surface area (TPSA) is 67.4 Å². The summed E-state index contributed by atoms with van der Waals surface area (Å²) in [5.41, 5.74) is 6.59. The Bertz CT molecular complexity index is 721. The summed E-state index contributed by atoms with van der Waals surface area (Å²) in [6, 6.07) is 14.7. The molecule has 1 unspecified atom stereocenters. The van der Waals surface area contributed by atoms with Gasteiger partial charge < -0.3 is 4.74 Å². The molecule has 124 valence electrons. The molecule has 0 aromatic heterocycles. The molecule has 3 rings (SSSR count). The van der Waals surface area contributed by atoms with E-state index in [4.69, 9.17) is 4.74 Å². The van der Waals surface area contributed by atoms with Crippen molar-refractivity contribution in [2.45, 2.75) is 23.5 Å². The fourth-order valence-electron chi connectivity index (χ4n) is 2.47. The number of hydrogen-bond acceptors (Lipinski definition) is 4. The van der Waals surface area contributed by atoms with E-state index in [1.807, 2.05) is 31.2 Å². The molecule has 0 saturated heterocycles. The van der Waals surface area contributed by atoms with Crippen LogP contribution in [0, 0.1) is 0 Å². The monoisotopic (exact) mass is 342 g/mol. The van der Waals surface area contributed by atoms with Crippen LogP contribution in [0.4, 0.5) is 0 Å². The van der Waals surface area contributed by atoms with E-state index in [1.165, 1.54) is 17.3 Å². The zero-order chi connectivity index (χ0) is 16.9. The van der Waals surface area contributed by atoms with E-state index in [9.17, 15) is 9.59 Å². The van der Waals surface area contributed by atoms with Crippen LogP contribution in [-0.2, 0) is 11.2 Å². The molecular weight excluding hydrogens is 324 g/mol. The molecule has 0 saturated carbocycles. The van der Waals surface area contributed by atoms with Gasteiger partial charge in [-0.15, -0.1) is 11.8 Å². The van der Waals surface area contributed by atoms with Crippen molar-refractivity contribution in [1.82, 2.24) is 10.9 Å². The Kier molecular flexibility index (Phi) is 5.05. The molecule has 1 heterocycles. The maximum Gasteiger partial charge on any atom is 0.269 e. The number of carbonyl (C=O) groups excluding carboxylic acids is 2. The lowest BCUT2D eigenvalue weighted by molar-refractivity contribution is -0.121. The molecule has 24 heavy (non-hydrogen) atoms. The molecule has 2 N–H and O–H groups in total. The van der Waals surface area contributed by atoms with Gasteiger partial charge in [0.15, 0.2) is 0 Å². The van der Waals surface area contributed by atoms with Crippen molar-refractivity contribution in [3.05, 3.63) is 59.7 Å². The molecule has 1 aliphatic rings. The number of hydrazine groups is 1. The number of thioether (sulfide) groups is 1. The Morgan fingerprint density at radius 3 is 2.58 bits per heavy atom. The van der Waals surface area contributed by atoms with Gasteiger partial charge in [-0.3, -0.25) is 20.4 Å². The minimum Gasteiger partial charge on any atom is -0.494 e. The molecule has 0 spiro atoms. The van der Waals surface area contributed by atoms with Crippen LogP contribution >= 0.6 is 11.8 Å². The number of hydrogen-bond donors (Lipinski definition) is 2. The second-order valence-corrected chi connectivity index (χ2v) is 6.56. The average Bonchev–Trinajstić information content (AvgIpc) is 3.04. The molecule has 0 aliphatic carbocycles. The third-order valence-corrected chi connectivity index (χ3v) is 4.98. The minimum atomic E-state index is -0.355. The summed E-state index contributed by atoms with van der Waals surface area (Å²) in [6.45, 7) is 2.47. The van der Waals surface area contributed by atoms with E-state index in [2.05, 4.69) is 10.9 Å². The molecule has 6 heteroatoms. The zero-order valence-electron chi connectivity index (χ0n) is 13.2. The second-order valence-electron chi connectivity index (χ2n) is 5.32. The lowest BCUT2D eigenvalue weighted by Crippen LogP contribution is -2.45. The number of benzene rings is 2. The SMILES string of the molecule is CCOc1ccc(C(=O)NNC(=O)C2Cc3ccccc3S2)cc1. The fourth-order valence-corrected chi connectivity index (χ4v) is 3.66. The molecule has 0 bridgehead atoms. The predicted molar refractivity (Wildman–Crippen MR) is 93.0 cm³/mol. The van der Waals surface area contributed by atoms with Gasteiger partial charge in [0.05, 0.1) is 11.9 Å². The van der Waals surface area contributed by atoms with Crippen molar-refractivity contribution in [3.63, 3.8) is 0 Å². The van der Waals surface area contributed by atoms with E-state index in [0.29, 0.717) is 24.3 Å². The summed E-state index contributed by atoms with van der Waals surface area (Å²) >= 11 is 1.52. The maximum atomic E-state index is 12.2. The first-order valence-electron chi connectivity index (χ1n) is 7.75. The van der Waals surface area contributed by atoms with Crippen molar-refractivity contribution in [2.75, 3.05) is 6.61 Å². The first-order valence-corrected chi connectivity index (χ1v) is 8.63. The second kappa shape index (κ2) is 7.40. The van der Waals surface area contributed by atoms with Crippen LogP contribution in [0.1, 0.15) is 22.8 Å². The number of fused-ring (bicyclic) bond motifs is 1. The van der Waals surface area contributed by atoms with E-state index >= 15 is 0 Å². The maximum absolute atomic E-state index is 12.2. The highest BCUT2D eigenvalue weighted by Gasteiger charge is 2.28. The minimum absolute atomic E-state index is 0.199. The summed E-state index contributed by atoms with van der Waals surface area (Å²) in [4.78, 5) is 25.4. The molecule has 0 radical (unpaired) electrons. The van der Waals surface area contributed by atoms with Gasteiger partial charge in [0.2, 0.25) is 0 Å². The van der Waals surface area contributed by atoms with Crippen LogP contribution in [0.15, 0.2) is 53.4 Å². The molecule has 1 atom stereocenters. The van der Waals surface area contributed by atoms with Crippen LogP contribution in [0.25, 0.3) is 0 Å². The largest absolute Gasteiger partial charge is 0.494 e. The Morgan fingerprint density at radius 1 is 1.12 bits per heavy atom. The van der Waals surface area contributed by atoms with Gasteiger partial charge in [-0.05, 0) is 49.2 Å². The zero-order valence-corrected chi connectivity index (χ0v) is 14.1. The smallest absolute Gasteiger partial charge is 0.269 e. The Balaban J connectivity index is 1.52. The predicted octanol–water partition coefficient (Wildman–Crippen LogP) is 2.56. The van der Waals surface area contributed by atoms with E-state index in [1.54, 1.807) is 24.3 Å². The summed E-state index contributed by atoms with van der Waals surface area (Å²) in [5.74, 6) is 0.153. The molecular formula is C18H18N2O3S. The normalized spacial score (nSPS) is 15.5. The lowest BCUT2D eigenvalue weighted by atomic mass is 10.1. The number of amides is 2. The van der Waals surface area contributed by atoms with Crippen molar-refractivity contribution in [1.29, 1.82) is 0 Å². The third-order valence-electron chi connectivity index (χ3n) is 3.67. The number of nitrogens with one attached hydrogen (secondary N) is 2. The van der Waals surface area contributed by atoms with Gasteiger partial charge in [-0.25, -0.2) is 0 Å². The Morgan fingerprint density at radius 2 is 1.88 bits per heavy atom. The van der Waals surface area contributed by atoms with E-state index in [-0.39, 0.29) is 17.1 Å². The quantitative estimate of drug-likeness (QED) is 0.838. The van der Waals surface area contributed by atoms with Gasteiger partial charge in [0, 0.05) is 10.5 Å². The van der Waals surface area contributed by atoms with E-state index in [0.717, 1.165) is 4.90 Å². The highest BCUT2D eigenvalue weighted by molar-refractivity contribution is 8.01. The Labute approximate surface area is 144 Å². The van der Waals surface area contributed by atoms with Crippen LogP contribution < -0.4 is 15.6 Å². The molecule has 2 aromatic carbocycles. The van der Waals surface area contributed by atoms with Crippen LogP contribution in [0.3, 0.4) is 0 Å². The van der Waals surface area contributed by atoms with Crippen molar-refractivity contribution in [3.8, 4) is 5.75 Å². The van der Waals surface area contributed by atoms with Gasteiger partial charge in [-0.1, -0.05) is 18.2 Å². The molecule has 2 amide bonds. The summed E-state index contributed by atoms with van der Waals surface area (Å²) in [5, 5.41) is -0.219. The van der Waals surface area contributed by atoms with Gasteiger partial charge in [-0.2, -0.15) is 0 Å². The first-order chi connectivity index (χ1) is 11.7. The average molecular weight is 342 g/mol. The van der Waals surface area contributed by atoms with Gasteiger partial charge in [0.1, 0.15) is 5.75 Å². The summed E-state index contributed by atoms with van der Waals surface area (Å²) in [6.07, 6.45) is 0.672. The summed E-state index contributed by atoms with van der Waals surface area (Å²) < 4.78 is 5.33. The molecule has 5 nitrogen and oxygen atoms in total. The van der Waals surface area contributed by atoms with Crippen LogP contribution in [0.2, 0.25) is 0 Å². The van der Waals surface area contributed by atoms with E-state index < -0.39 is 0 Å². The number of carbonyl (C=O) groups is 2. The first kappa shape index (κ1) is 16.4. The van der Waals surface area contributed by atoms with Crippen molar-refractivity contribution < 1.29 is 14.3 Å². The summed E-state index contributed by atoms with van der Waals surface area (Å²) in [7, 11) is 0. The third kappa shape index (κ3) is 3.71. The van der Waals surface area contributed by atoms with Crippen LogP contribution in [0.5, 0.6) is 5.75 Å². The van der Waals surface area contributed by atoms with Crippen LogP contribution in [-0.4, -0.2) is 23.7 Å². The highest BCUT2D eigenvalue weighted by Crippen LogP contribution is 2.36. The standard InChI is InChI=1S/C18H18N2O3S/c1-2-23-14-9-7-12(8-10-14)17(21)19-20-18(22)16-11-13-5-3-4-6-15(13)24-16/h3-10,16H,2,11H2,1H3,(H,19,21)(H,20,22). The number of ether oxygens (including phenoxy) is 1. The fraction of sp³-hybridized carbons (Fsp3) is 0.222. The molecule has 0 fully saturated rings. The lowest BCUT2D eigenvalue weighted by Gasteiger charge is -2.11. The van der Waals surface area contributed by atoms with Crippen molar-refractivity contribution >= 4 is 23.6 Å². The molecule has 2 aromatic rings. The Hall–Kier alpha value is -2.47.